The third kappa shape index (κ3) is 2.21. The van der Waals surface area contributed by atoms with Crippen LogP contribution in [0.5, 0.6) is 0 Å². The van der Waals surface area contributed by atoms with Gasteiger partial charge in [-0.3, -0.25) is 0 Å². The van der Waals surface area contributed by atoms with Crippen LogP contribution >= 0.6 is 22.7 Å². The van der Waals surface area contributed by atoms with Crippen molar-refractivity contribution in [3.8, 4) is 0 Å². The van der Waals surface area contributed by atoms with E-state index < -0.39 is 9.84 Å². The van der Waals surface area contributed by atoms with Crippen LogP contribution in [-0.4, -0.2) is 14.7 Å². The summed E-state index contributed by atoms with van der Waals surface area (Å²) in [5.74, 6) is 0. The van der Waals surface area contributed by atoms with Gasteiger partial charge < -0.3 is 0 Å². The van der Waals surface area contributed by atoms with Gasteiger partial charge in [-0.05, 0) is 49.8 Å². The second kappa shape index (κ2) is 5.54. The predicted molar refractivity (Wildman–Crippen MR) is 123 cm³/mol. The molecule has 0 atom stereocenters. The zero-order valence-corrected chi connectivity index (χ0v) is 17.3. The van der Waals surface area contributed by atoms with Crippen molar-refractivity contribution in [2.45, 2.75) is 4.21 Å². The highest BCUT2D eigenvalue weighted by molar-refractivity contribution is 7.93. The number of sulfone groups is 1. The van der Waals surface area contributed by atoms with Gasteiger partial charge in [0.1, 0.15) is 4.21 Å². The highest BCUT2D eigenvalue weighted by Gasteiger charge is 2.15. The summed E-state index contributed by atoms with van der Waals surface area (Å²) in [5.41, 5.74) is 0. The predicted octanol–water partition coefficient (Wildman–Crippen LogP) is 6.98. The van der Waals surface area contributed by atoms with E-state index in [4.69, 9.17) is 0 Å². The SMILES string of the molecule is CS(=O)(=O)c1cc2ccc3c4ccc5c(ccc6ccsc65)c4ccc3c2s1. The summed E-state index contributed by atoms with van der Waals surface area (Å²) in [5, 5.41) is 11.7. The second-order valence-corrected chi connectivity index (χ2v) is 11.4. The molecular formula is C23H14O2S3. The molecule has 0 saturated carbocycles. The monoisotopic (exact) mass is 418 g/mol. The Morgan fingerprint density at radius 1 is 0.643 bits per heavy atom. The number of hydrogen-bond donors (Lipinski definition) is 0. The molecule has 28 heavy (non-hydrogen) atoms. The number of thiophene rings is 2. The molecule has 6 rings (SSSR count). The highest BCUT2D eigenvalue weighted by Crippen LogP contribution is 2.40. The van der Waals surface area contributed by atoms with E-state index in [9.17, 15) is 8.42 Å². The van der Waals surface area contributed by atoms with E-state index in [1.165, 1.54) is 54.6 Å². The zero-order chi connectivity index (χ0) is 19.0. The second-order valence-electron chi connectivity index (χ2n) is 7.14. The van der Waals surface area contributed by atoms with Crippen LogP contribution in [0.4, 0.5) is 0 Å². The average Bonchev–Trinajstić information content (AvgIpc) is 3.33. The van der Waals surface area contributed by atoms with Gasteiger partial charge >= 0.3 is 0 Å². The smallest absolute Gasteiger partial charge is 0.184 e. The van der Waals surface area contributed by atoms with Crippen LogP contribution in [0, 0.1) is 0 Å². The first-order valence-electron chi connectivity index (χ1n) is 8.89. The average molecular weight is 419 g/mol. The molecule has 5 heteroatoms. The lowest BCUT2D eigenvalue weighted by molar-refractivity contribution is 0.604. The van der Waals surface area contributed by atoms with E-state index >= 15 is 0 Å². The molecule has 0 unspecified atom stereocenters. The van der Waals surface area contributed by atoms with Gasteiger partial charge in [-0.2, -0.15) is 0 Å². The Balaban J connectivity index is 1.76. The summed E-state index contributed by atoms with van der Waals surface area (Å²) < 4.78 is 26.8. The van der Waals surface area contributed by atoms with Gasteiger partial charge in [0, 0.05) is 26.4 Å². The minimum absolute atomic E-state index is 0.425. The lowest BCUT2D eigenvalue weighted by Gasteiger charge is -2.09. The molecule has 0 amide bonds. The first-order valence-corrected chi connectivity index (χ1v) is 12.5. The van der Waals surface area contributed by atoms with Crippen LogP contribution in [0.25, 0.3) is 52.5 Å². The molecule has 0 bridgehead atoms. The molecule has 2 heterocycles. The summed E-state index contributed by atoms with van der Waals surface area (Å²) >= 11 is 3.14. The molecule has 2 nitrogen and oxygen atoms in total. The minimum atomic E-state index is -3.20. The molecule has 6 aromatic rings. The molecule has 0 saturated heterocycles. The first kappa shape index (κ1) is 16.5. The Morgan fingerprint density at radius 3 is 1.86 bits per heavy atom. The standard InChI is InChI=1S/C23H14O2S3/c1-28(24,25)21-12-14-3-5-18-16-6-8-19-17(4-2-13-10-11-26-22(13)19)15(16)7-9-20(18)23(14)27-21/h2-12H,1H3. The molecule has 0 fully saturated rings. The quantitative estimate of drug-likeness (QED) is 0.270. The lowest BCUT2D eigenvalue weighted by atomic mass is 9.96. The molecule has 0 aliphatic carbocycles. The van der Waals surface area contributed by atoms with Crippen LogP contribution in [0.2, 0.25) is 0 Å². The van der Waals surface area contributed by atoms with E-state index in [0.29, 0.717) is 4.21 Å². The fraction of sp³-hybridized carbons (Fsp3) is 0.0435. The van der Waals surface area contributed by atoms with Gasteiger partial charge in [0.25, 0.3) is 0 Å². The Kier molecular flexibility index (Phi) is 3.26. The molecule has 0 N–H and O–H groups in total. The fourth-order valence-corrected chi connectivity index (χ4v) is 7.17. The van der Waals surface area contributed by atoms with Crippen LogP contribution in [0.1, 0.15) is 0 Å². The number of rotatable bonds is 1. The molecule has 2 aromatic heterocycles. The van der Waals surface area contributed by atoms with E-state index in [1.54, 1.807) is 17.4 Å². The summed E-state index contributed by atoms with van der Waals surface area (Å²) in [6.07, 6.45) is 1.27. The zero-order valence-electron chi connectivity index (χ0n) is 14.9. The lowest BCUT2D eigenvalue weighted by Crippen LogP contribution is -1.91. The maximum Gasteiger partial charge on any atom is 0.184 e. The van der Waals surface area contributed by atoms with Crippen molar-refractivity contribution in [3.05, 3.63) is 66.0 Å². The Bertz CT molecular complexity index is 1690. The van der Waals surface area contributed by atoms with Gasteiger partial charge in [-0.25, -0.2) is 8.42 Å². The van der Waals surface area contributed by atoms with Crippen molar-refractivity contribution in [3.63, 3.8) is 0 Å². The van der Waals surface area contributed by atoms with Crippen molar-refractivity contribution in [2.24, 2.45) is 0 Å². The van der Waals surface area contributed by atoms with Crippen LogP contribution in [0.15, 0.2) is 70.3 Å². The van der Waals surface area contributed by atoms with E-state index in [2.05, 4.69) is 53.9 Å². The molecule has 4 aromatic carbocycles. The van der Waals surface area contributed by atoms with Gasteiger partial charge in [0.2, 0.25) is 0 Å². The van der Waals surface area contributed by atoms with E-state index in [-0.39, 0.29) is 0 Å². The maximum atomic E-state index is 12.0. The van der Waals surface area contributed by atoms with E-state index in [1.807, 2.05) is 6.07 Å². The largest absolute Gasteiger partial charge is 0.223 e. The summed E-state index contributed by atoms with van der Waals surface area (Å²) in [6.45, 7) is 0. The number of benzene rings is 4. The summed E-state index contributed by atoms with van der Waals surface area (Å²) in [6, 6.07) is 21.3. The minimum Gasteiger partial charge on any atom is -0.223 e. The van der Waals surface area contributed by atoms with Crippen LogP contribution in [0.3, 0.4) is 0 Å². The third-order valence-corrected chi connectivity index (χ3v) is 9.38. The highest BCUT2D eigenvalue weighted by atomic mass is 32.2. The topological polar surface area (TPSA) is 34.1 Å². The Labute approximate surface area is 169 Å². The van der Waals surface area contributed by atoms with Gasteiger partial charge in [0.05, 0.1) is 0 Å². The molecule has 136 valence electrons. The van der Waals surface area contributed by atoms with Crippen LogP contribution < -0.4 is 0 Å². The number of fused-ring (bicyclic) bond motifs is 9. The Hall–Kier alpha value is -2.47. The third-order valence-electron chi connectivity index (χ3n) is 5.43. The normalized spacial score (nSPS) is 12.8. The molecule has 0 radical (unpaired) electrons. The van der Waals surface area contributed by atoms with Gasteiger partial charge in [-0.1, -0.05) is 48.5 Å². The molecular weight excluding hydrogens is 404 g/mol. The fourth-order valence-electron chi connectivity index (χ4n) is 4.12. The molecule has 0 aliphatic heterocycles. The van der Waals surface area contributed by atoms with Gasteiger partial charge in [0.15, 0.2) is 9.84 Å². The number of hydrogen-bond acceptors (Lipinski definition) is 4. The van der Waals surface area contributed by atoms with Crippen molar-refractivity contribution in [1.82, 2.24) is 0 Å². The summed E-state index contributed by atoms with van der Waals surface area (Å²) in [4.78, 5) is 0. The van der Waals surface area contributed by atoms with Crippen molar-refractivity contribution in [1.29, 1.82) is 0 Å². The van der Waals surface area contributed by atoms with Crippen molar-refractivity contribution >= 4 is 85.0 Å². The molecule has 0 spiro atoms. The van der Waals surface area contributed by atoms with Crippen molar-refractivity contribution < 1.29 is 8.42 Å². The first-order chi connectivity index (χ1) is 13.5. The van der Waals surface area contributed by atoms with Gasteiger partial charge in [-0.15, -0.1) is 22.7 Å². The summed E-state index contributed by atoms with van der Waals surface area (Å²) in [7, 11) is -3.20. The van der Waals surface area contributed by atoms with E-state index in [0.717, 1.165) is 15.5 Å². The molecule has 0 aliphatic rings. The van der Waals surface area contributed by atoms with Crippen molar-refractivity contribution in [2.75, 3.05) is 6.26 Å². The Morgan fingerprint density at radius 2 is 1.18 bits per heavy atom. The van der Waals surface area contributed by atoms with Crippen LogP contribution in [-0.2, 0) is 9.84 Å². The maximum absolute atomic E-state index is 12.0.